The van der Waals surface area contributed by atoms with Crippen LogP contribution in [0.25, 0.3) is 0 Å². The average molecular weight is 292 g/mol. The Balaban J connectivity index is 2.35. The maximum atomic E-state index is 11.0. The molecule has 1 aromatic rings. The molecule has 96 valence electrons. The summed E-state index contributed by atoms with van der Waals surface area (Å²) in [7, 11) is 0. The maximum Gasteiger partial charge on any atom is 0.348 e. The van der Waals surface area contributed by atoms with Crippen LogP contribution < -0.4 is 4.74 Å². The van der Waals surface area contributed by atoms with Crippen molar-refractivity contribution in [3.05, 3.63) is 32.3 Å². The van der Waals surface area contributed by atoms with Gasteiger partial charge < -0.3 is 9.84 Å². The molecule has 0 radical (unpaired) electrons. The molecule has 1 saturated carbocycles. The highest BCUT2D eigenvalue weighted by Gasteiger charge is 2.54. The van der Waals surface area contributed by atoms with Gasteiger partial charge in [0.15, 0.2) is 5.75 Å². The molecule has 18 heavy (non-hydrogen) atoms. The van der Waals surface area contributed by atoms with E-state index in [0.29, 0.717) is 12.8 Å². The van der Waals surface area contributed by atoms with Gasteiger partial charge in [-0.05, 0) is 0 Å². The van der Waals surface area contributed by atoms with Gasteiger partial charge in [-0.2, -0.15) is 0 Å². The molecule has 2 rings (SSSR count). The van der Waals surface area contributed by atoms with Gasteiger partial charge in [0.25, 0.3) is 5.69 Å². The van der Waals surface area contributed by atoms with Crippen LogP contribution >= 0.6 is 23.2 Å². The molecule has 1 N–H and O–H groups in total. The molecule has 0 spiro atoms. The number of hydrogen-bond donors (Lipinski definition) is 1. The lowest BCUT2D eigenvalue weighted by molar-refractivity contribution is -0.384. The van der Waals surface area contributed by atoms with Gasteiger partial charge in [0.2, 0.25) is 5.60 Å². The summed E-state index contributed by atoms with van der Waals surface area (Å²) in [5.41, 5.74) is -1.58. The molecule has 0 unspecified atom stereocenters. The predicted molar refractivity (Wildman–Crippen MR) is 63.3 cm³/mol. The number of nitro benzene ring substituents is 1. The number of carbonyl (C=O) groups is 1. The number of carboxylic acids is 1. The van der Waals surface area contributed by atoms with Crippen molar-refractivity contribution in [3.8, 4) is 5.75 Å². The molecule has 6 nitrogen and oxygen atoms in total. The first-order valence-electron chi connectivity index (χ1n) is 4.91. The summed E-state index contributed by atoms with van der Waals surface area (Å²) in [6.07, 6.45) is 0.706. The smallest absolute Gasteiger partial charge is 0.348 e. The fraction of sp³-hybridized carbons (Fsp3) is 0.300. The number of nitro groups is 1. The third kappa shape index (κ3) is 2.21. The Morgan fingerprint density at radius 1 is 1.39 bits per heavy atom. The molecule has 1 aromatic carbocycles. The Morgan fingerprint density at radius 3 is 2.22 bits per heavy atom. The number of rotatable bonds is 4. The van der Waals surface area contributed by atoms with Crippen molar-refractivity contribution >= 4 is 34.9 Å². The van der Waals surface area contributed by atoms with Gasteiger partial charge in [0, 0.05) is 25.0 Å². The van der Waals surface area contributed by atoms with E-state index >= 15 is 0 Å². The van der Waals surface area contributed by atoms with Crippen LogP contribution in [0.5, 0.6) is 5.75 Å². The Kier molecular flexibility index (Phi) is 3.08. The van der Waals surface area contributed by atoms with Crippen molar-refractivity contribution < 1.29 is 19.6 Å². The fourth-order valence-corrected chi connectivity index (χ4v) is 1.97. The summed E-state index contributed by atoms with van der Waals surface area (Å²) in [5.74, 6) is -1.14. The second-order valence-electron chi connectivity index (χ2n) is 3.90. The van der Waals surface area contributed by atoms with E-state index in [-0.39, 0.29) is 21.5 Å². The molecule has 1 aliphatic rings. The van der Waals surface area contributed by atoms with E-state index in [4.69, 9.17) is 33.0 Å². The molecule has 8 heteroatoms. The molecule has 0 saturated heterocycles. The van der Waals surface area contributed by atoms with Crippen molar-refractivity contribution in [1.82, 2.24) is 0 Å². The average Bonchev–Trinajstić information content (AvgIpc) is 3.04. The minimum atomic E-state index is -1.30. The SMILES string of the molecule is O=C(O)C1(Oc2c(Cl)cc([N+](=O)[O-])cc2Cl)CC1. The van der Waals surface area contributed by atoms with Crippen LogP contribution in [0, 0.1) is 10.1 Å². The van der Waals surface area contributed by atoms with Gasteiger partial charge in [-0.25, -0.2) is 4.79 Å². The lowest BCUT2D eigenvalue weighted by atomic mass is 10.3. The van der Waals surface area contributed by atoms with E-state index in [1.54, 1.807) is 0 Å². The third-order valence-electron chi connectivity index (χ3n) is 2.59. The summed E-state index contributed by atoms with van der Waals surface area (Å²) in [4.78, 5) is 20.9. The van der Waals surface area contributed by atoms with Gasteiger partial charge in [0.1, 0.15) is 0 Å². The van der Waals surface area contributed by atoms with E-state index < -0.39 is 16.5 Å². The quantitative estimate of drug-likeness (QED) is 0.680. The lowest BCUT2D eigenvalue weighted by Gasteiger charge is -2.15. The minimum Gasteiger partial charge on any atom is -0.478 e. The van der Waals surface area contributed by atoms with Crippen molar-refractivity contribution in [3.63, 3.8) is 0 Å². The van der Waals surface area contributed by atoms with Crippen molar-refractivity contribution in [2.24, 2.45) is 0 Å². The molecule has 1 aliphatic carbocycles. The number of benzene rings is 1. The molecule has 0 heterocycles. The van der Waals surface area contributed by atoms with Crippen molar-refractivity contribution in [2.75, 3.05) is 0 Å². The van der Waals surface area contributed by atoms with E-state index in [1.807, 2.05) is 0 Å². The van der Waals surface area contributed by atoms with Gasteiger partial charge >= 0.3 is 5.97 Å². The standard InChI is InChI=1S/C10H7Cl2NO5/c11-6-3-5(13(16)17)4-7(12)8(6)18-10(1-2-10)9(14)15/h3-4H,1-2H2,(H,14,15). The summed E-state index contributed by atoms with van der Waals surface area (Å²) in [5, 5.41) is 19.4. The Bertz CT molecular complexity index is 518. The number of hydrogen-bond acceptors (Lipinski definition) is 4. The van der Waals surface area contributed by atoms with E-state index in [9.17, 15) is 14.9 Å². The predicted octanol–water partition coefficient (Wildman–Crippen LogP) is 2.90. The van der Waals surface area contributed by atoms with Crippen LogP contribution in [0.15, 0.2) is 12.1 Å². The highest BCUT2D eigenvalue weighted by Crippen LogP contribution is 2.46. The van der Waals surface area contributed by atoms with Crippen LogP contribution in [0.2, 0.25) is 10.0 Å². The Labute approximate surface area is 111 Å². The summed E-state index contributed by atoms with van der Waals surface area (Å²) >= 11 is 11.6. The zero-order chi connectivity index (χ0) is 13.5. The Morgan fingerprint density at radius 2 is 1.89 bits per heavy atom. The van der Waals surface area contributed by atoms with E-state index in [0.717, 1.165) is 12.1 Å². The molecule has 0 aromatic heterocycles. The Hall–Kier alpha value is -1.53. The van der Waals surface area contributed by atoms with E-state index in [2.05, 4.69) is 0 Å². The summed E-state index contributed by atoms with van der Waals surface area (Å²) in [6.45, 7) is 0. The topological polar surface area (TPSA) is 89.7 Å². The van der Waals surface area contributed by atoms with Gasteiger partial charge in [-0.1, -0.05) is 23.2 Å². The lowest BCUT2D eigenvalue weighted by Crippen LogP contribution is -2.29. The van der Waals surface area contributed by atoms with Gasteiger partial charge in [0.05, 0.1) is 15.0 Å². The molecular formula is C10H7Cl2NO5. The highest BCUT2D eigenvalue weighted by molar-refractivity contribution is 6.37. The van der Waals surface area contributed by atoms with Crippen LogP contribution in [0.3, 0.4) is 0 Å². The van der Waals surface area contributed by atoms with Crippen molar-refractivity contribution in [2.45, 2.75) is 18.4 Å². The summed E-state index contributed by atoms with van der Waals surface area (Å²) < 4.78 is 5.28. The first-order chi connectivity index (χ1) is 8.35. The van der Waals surface area contributed by atoms with E-state index in [1.165, 1.54) is 0 Å². The summed E-state index contributed by atoms with van der Waals surface area (Å²) in [6, 6.07) is 2.14. The second kappa shape index (κ2) is 4.29. The zero-order valence-corrected chi connectivity index (χ0v) is 10.4. The molecule has 0 atom stereocenters. The number of carboxylic acid groups (broad SMARTS) is 1. The number of halogens is 2. The number of nitrogens with zero attached hydrogens (tertiary/aromatic N) is 1. The first-order valence-corrected chi connectivity index (χ1v) is 5.67. The zero-order valence-electron chi connectivity index (χ0n) is 8.85. The number of aliphatic carboxylic acids is 1. The number of non-ortho nitro benzene ring substituents is 1. The van der Waals surface area contributed by atoms with Crippen LogP contribution in [0.1, 0.15) is 12.8 Å². The van der Waals surface area contributed by atoms with Crippen LogP contribution in [0.4, 0.5) is 5.69 Å². The molecule has 1 fully saturated rings. The number of ether oxygens (including phenoxy) is 1. The normalized spacial score (nSPS) is 16.1. The monoisotopic (exact) mass is 291 g/mol. The maximum absolute atomic E-state index is 11.0. The molecular weight excluding hydrogens is 285 g/mol. The third-order valence-corrected chi connectivity index (χ3v) is 3.15. The van der Waals surface area contributed by atoms with Gasteiger partial charge in [-0.3, -0.25) is 10.1 Å². The molecule has 0 amide bonds. The first kappa shape index (κ1) is 12.9. The fourth-order valence-electron chi connectivity index (χ4n) is 1.42. The van der Waals surface area contributed by atoms with Crippen LogP contribution in [-0.4, -0.2) is 21.6 Å². The molecule has 0 bridgehead atoms. The largest absolute Gasteiger partial charge is 0.478 e. The van der Waals surface area contributed by atoms with Crippen molar-refractivity contribution in [1.29, 1.82) is 0 Å². The molecule has 0 aliphatic heterocycles. The second-order valence-corrected chi connectivity index (χ2v) is 4.71. The minimum absolute atomic E-state index is 0.0381. The van der Waals surface area contributed by atoms with Gasteiger partial charge in [-0.15, -0.1) is 0 Å². The highest BCUT2D eigenvalue weighted by atomic mass is 35.5. The van der Waals surface area contributed by atoms with Crippen LogP contribution in [-0.2, 0) is 4.79 Å².